The van der Waals surface area contributed by atoms with Crippen LogP contribution in [0.2, 0.25) is 0 Å². The lowest BCUT2D eigenvalue weighted by Gasteiger charge is -2.09. The third-order valence-electron chi connectivity index (χ3n) is 4.29. The minimum atomic E-state index is -4.81. The van der Waals surface area contributed by atoms with Crippen LogP contribution in [0.4, 0.5) is 13.2 Å². The molecule has 0 saturated carbocycles. The van der Waals surface area contributed by atoms with E-state index < -0.39 is 23.6 Å². The van der Waals surface area contributed by atoms with E-state index in [0.29, 0.717) is 5.69 Å². The molecule has 32 heavy (non-hydrogen) atoms. The first-order chi connectivity index (χ1) is 15.3. The maximum atomic E-state index is 12.6. The Morgan fingerprint density at radius 1 is 1.03 bits per heavy atom. The number of carbonyl (C=O) groups excluding carboxylic acids is 1. The zero-order valence-electron chi connectivity index (χ0n) is 16.2. The Balaban J connectivity index is 1.51. The Kier molecular flexibility index (Phi) is 5.58. The number of hydrogen-bond acceptors (Lipinski definition) is 7. The van der Waals surface area contributed by atoms with Crippen LogP contribution >= 0.6 is 0 Å². The summed E-state index contributed by atoms with van der Waals surface area (Å²) in [6.45, 7) is -0.306. The van der Waals surface area contributed by atoms with Crippen molar-refractivity contribution in [2.45, 2.75) is 19.5 Å². The lowest BCUT2D eigenvalue weighted by atomic mass is 10.2. The Labute approximate surface area is 177 Å². The average molecular weight is 445 g/mol. The SMILES string of the molecule is O=C(Cn1cnc2c(nnn2-c2ccc(OC(F)(F)F)cc2)c1=O)OCc1ccccc1. The van der Waals surface area contributed by atoms with E-state index in [2.05, 4.69) is 20.0 Å². The van der Waals surface area contributed by atoms with Crippen molar-refractivity contribution in [1.82, 2.24) is 24.5 Å². The molecule has 0 spiro atoms. The summed E-state index contributed by atoms with van der Waals surface area (Å²) in [5, 5.41) is 7.63. The van der Waals surface area contributed by atoms with Gasteiger partial charge in [0.15, 0.2) is 11.2 Å². The molecule has 0 aliphatic carbocycles. The van der Waals surface area contributed by atoms with Crippen LogP contribution in [-0.4, -0.2) is 36.9 Å². The summed E-state index contributed by atoms with van der Waals surface area (Å²) >= 11 is 0. The van der Waals surface area contributed by atoms with E-state index in [-0.39, 0.29) is 24.3 Å². The molecule has 0 aliphatic heterocycles. The van der Waals surface area contributed by atoms with Gasteiger partial charge in [0, 0.05) is 0 Å². The zero-order chi connectivity index (χ0) is 22.7. The van der Waals surface area contributed by atoms with Gasteiger partial charge in [0.05, 0.1) is 5.69 Å². The zero-order valence-corrected chi connectivity index (χ0v) is 16.2. The highest BCUT2D eigenvalue weighted by Crippen LogP contribution is 2.24. The second kappa shape index (κ2) is 8.49. The number of esters is 1. The van der Waals surface area contributed by atoms with E-state index in [0.717, 1.165) is 28.6 Å². The lowest BCUT2D eigenvalue weighted by molar-refractivity contribution is -0.274. The Hall–Kier alpha value is -4.22. The maximum Gasteiger partial charge on any atom is 0.573 e. The molecule has 0 radical (unpaired) electrons. The number of nitrogens with zero attached hydrogens (tertiary/aromatic N) is 5. The summed E-state index contributed by atoms with van der Waals surface area (Å²) in [5.41, 5.74) is 0.465. The number of carbonyl (C=O) groups is 1. The second-order valence-electron chi connectivity index (χ2n) is 6.54. The lowest BCUT2D eigenvalue weighted by Crippen LogP contribution is -2.26. The van der Waals surface area contributed by atoms with Crippen molar-refractivity contribution in [2.24, 2.45) is 0 Å². The first kappa shape index (κ1) is 21.0. The molecule has 0 atom stereocenters. The van der Waals surface area contributed by atoms with Crippen LogP contribution in [0, 0.1) is 0 Å². The number of halogens is 3. The molecule has 0 fully saturated rings. The normalized spacial score (nSPS) is 11.5. The van der Waals surface area contributed by atoms with Crippen LogP contribution in [0.5, 0.6) is 5.75 Å². The molecule has 4 aromatic rings. The smallest absolute Gasteiger partial charge is 0.459 e. The van der Waals surface area contributed by atoms with E-state index in [1.54, 1.807) is 12.1 Å². The fourth-order valence-corrected chi connectivity index (χ4v) is 2.84. The van der Waals surface area contributed by atoms with Gasteiger partial charge in [-0.25, -0.2) is 4.98 Å². The summed E-state index contributed by atoms with van der Waals surface area (Å²) in [6, 6.07) is 13.9. The highest BCUT2D eigenvalue weighted by atomic mass is 19.4. The first-order valence-electron chi connectivity index (χ1n) is 9.17. The molecule has 0 saturated heterocycles. The highest BCUT2D eigenvalue weighted by molar-refractivity contribution is 5.72. The summed E-state index contributed by atoms with van der Waals surface area (Å²) in [5.74, 6) is -1.04. The van der Waals surface area contributed by atoms with Crippen molar-refractivity contribution in [3.63, 3.8) is 0 Å². The molecule has 12 heteroatoms. The number of rotatable bonds is 6. The Bertz CT molecular complexity index is 1300. The molecule has 2 aromatic carbocycles. The topological polar surface area (TPSA) is 101 Å². The fraction of sp³-hybridized carbons (Fsp3) is 0.150. The third-order valence-corrected chi connectivity index (χ3v) is 4.29. The van der Waals surface area contributed by atoms with Gasteiger partial charge in [0.25, 0.3) is 5.56 Å². The molecular weight excluding hydrogens is 431 g/mol. The third kappa shape index (κ3) is 4.74. The Morgan fingerprint density at radius 2 is 1.75 bits per heavy atom. The standard InChI is InChI=1S/C20H14F3N5O4/c21-20(22,23)32-15-8-6-14(7-9-15)28-18-17(25-26-28)19(30)27(12-24-18)10-16(29)31-11-13-4-2-1-3-5-13/h1-9,12H,10-11H2. The average Bonchev–Trinajstić information content (AvgIpc) is 3.19. The van der Waals surface area contributed by atoms with Crippen molar-refractivity contribution in [1.29, 1.82) is 0 Å². The van der Waals surface area contributed by atoms with Crippen LogP contribution < -0.4 is 10.3 Å². The van der Waals surface area contributed by atoms with Gasteiger partial charge in [0.2, 0.25) is 0 Å². The highest BCUT2D eigenvalue weighted by Gasteiger charge is 2.31. The first-order valence-corrected chi connectivity index (χ1v) is 9.17. The van der Waals surface area contributed by atoms with Gasteiger partial charge < -0.3 is 9.47 Å². The molecule has 9 nitrogen and oxygen atoms in total. The number of alkyl halides is 3. The molecule has 0 unspecified atom stereocenters. The van der Waals surface area contributed by atoms with E-state index in [1.807, 2.05) is 18.2 Å². The quantitative estimate of drug-likeness (QED) is 0.421. The van der Waals surface area contributed by atoms with Crippen molar-refractivity contribution < 1.29 is 27.4 Å². The van der Waals surface area contributed by atoms with Gasteiger partial charge in [0.1, 0.15) is 25.2 Å². The van der Waals surface area contributed by atoms with E-state index in [4.69, 9.17) is 4.74 Å². The van der Waals surface area contributed by atoms with E-state index in [9.17, 15) is 22.8 Å². The predicted octanol–water partition coefficient (Wildman–Crippen LogP) is 2.62. The second-order valence-corrected chi connectivity index (χ2v) is 6.54. The molecule has 164 valence electrons. The molecule has 0 N–H and O–H groups in total. The number of hydrogen-bond donors (Lipinski definition) is 0. The molecule has 0 amide bonds. The van der Waals surface area contributed by atoms with Crippen LogP contribution in [0.1, 0.15) is 5.56 Å². The molecule has 2 aromatic heterocycles. The summed E-state index contributed by atoms with van der Waals surface area (Å²) in [6.07, 6.45) is -3.66. The molecule has 0 aliphatic rings. The monoisotopic (exact) mass is 445 g/mol. The minimum absolute atomic E-state index is 0.0638. The maximum absolute atomic E-state index is 12.6. The van der Waals surface area contributed by atoms with Crippen molar-refractivity contribution in [3.05, 3.63) is 76.8 Å². The molecular formula is C20H14F3N5O4. The summed E-state index contributed by atoms with van der Waals surface area (Å²) < 4.78 is 48.1. The number of ether oxygens (including phenoxy) is 2. The van der Waals surface area contributed by atoms with Gasteiger partial charge in [-0.3, -0.25) is 14.2 Å². The van der Waals surface area contributed by atoms with Crippen LogP contribution in [0.25, 0.3) is 16.9 Å². The largest absolute Gasteiger partial charge is 0.573 e. The van der Waals surface area contributed by atoms with Crippen LogP contribution in [0.3, 0.4) is 0 Å². The molecule has 4 rings (SSSR count). The minimum Gasteiger partial charge on any atom is -0.459 e. The van der Waals surface area contributed by atoms with E-state index in [1.165, 1.54) is 16.8 Å². The number of fused-ring (bicyclic) bond motifs is 1. The van der Waals surface area contributed by atoms with Crippen molar-refractivity contribution in [2.75, 3.05) is 0 Å². The summed E-state index contributed by atoms with van der Waals surface area (Å²) in [4.78, 5) is 28.9. The molecule has 0 bridgehead atoms. The van der Waals surface area contributed by atoms with Crippen LogP contribution in [-0.2, 0) is 22.7 Å². The van der Waals surface area contributed by atoms with Gasteiger partial charge in [-0.2, -0.15) is 4.68 Å². The molecule has 2 heterocycles. The van der Waals surface area contributed by atoms with Gasteiger partial charge in [-0.15, -0.1) is 18.3 Å². The van der Waals surface area contributed by atoms with Gasteiger partial charge in [-0.1, -0.05) is 35.5 Å². The van der Waals surface area contributed by atoms with Gasteiger partial charge >= 0.3 is 12.3 Å². The predicted molar refractivity (Wildman–Crippen MR) is 104 cm³/mol. The van der Waals surface area contributed by atoms with E-state index >= 15 is 0 Å². The summed E-state index contributed by atoms with van der Waals surface area (Å²) in [7, 11) is 0. The van der Waals surface area contributed by atoms with Crippen molar-refractivity contribution in [3.8, 4) is 11.4 Å². The number of benzene rings is 2. The van der Waals surface area contributed by atoms with Crippen molar-refractivity contribution >= 4 is 17.1 Å². The fourth-order valence-electron chi connectivity index (χ4n) is 2.84. The van der Waals surface area contributed by atoms with Crippen LogP contribution in [0.15, 0.2) is 65.7 Å². The Morgan fingerprint density at radius 3 is 2.44 bits per heavy atom. The number of aromatic nitrogens is 5. The van der Waals surface area contributed by atoms with Gasteiger partial charge in [-0.05, 0) is 29.8 Å².